The molecule has 0 heterocycles. The van der Waals surface area contributed by atoms with Gasteiger partial charge in [-0.3, -0.25) is 4.79 Å². The number of nitrogens with one attached hydrogen (secondary N) is 1. The molecule has 0 unspecified atom stereocenters. The summed E-state index contributed by atoms with van der Waals surface area (Å²) in [5, 5.41) is 4.22. The van der Waals surface area contributed by atoms with Crippen LogP contribution in [0.2, 0.25) is 0 Å². The Bertz CT molecular complexity index is 316. The van der Waals surface area contributed by atoms with Gasteiger partial charge in [-0.2, -0.15) is 13.2 Å². The fourth-order valence-corrected chi connectivity index (χ4v) is 4.43. The lowest BCUT2D eigenvalue weighted by atomic mass is 9.81. The van der Waals surface area contributed by atoms with Crippen molar-refractivity contribution in [1.29, 1.82) is 0 Å². The Kier molecular flexibility index (Phi) is 6.83. The summed E-state index contributed by atoms with van der Waals surface area (Å²) in [6.07, 6.45) is -2.61. The van der Waals surface area contributed by atoms with Crippen LogP contribution in [0.1, 0.15) is 39.0 Å². The maximum Gasteiger partial charge on any atom is 0.391 e. The molecule has 1 fully saturated rings. The quantitative estimate of drug-likeness (QED) is 0.653. The molecule has 1 rings (SSSR count). The van der Waals surface area contributed by atoms with Gasteiger partial charge in [0.1, 0.15) is 0 Å². The van der Waals surface area contributed by atoms with E-state index in [1.165, 1.54) is 0 Å². The highest BCUT2D eigenvalue weighted by atomic mass is 79.9. The van der Waals surface area contributed by atoms with Crippen LogP contribution in [0.15, 0.2) is 0 Å². The molecule has 1 aliphatic carbocycles. The Labute approximate surface area is 134 Å². The second kappa shape index (κ2) is 7.47. The summed E-state index contributed by atoms with van der Waals surface area (Å²) in [5.74, 6) is -1.65. The minimum absolute atomic E-state index is 0.0589. The van der Waals surface area contributed by atoms with Crippen molar-refractivity contribution in [2.45, 2.75) is 50.7 Å². The molecule has 0 aliphatic heterocycles. The fraction of sp³-hybridized carbons (Fsp3) is 0.923. The zero-order valence-corrected chi connectivity index (χ0v) is 14.6. The first kappa shape index (κ1) is 18.3. The van der Waals surface area contributed by atoms with Crippen LogP contribution in [-0.2, 0) is 4.79 Å². The maximum atomic E-state index is 12.6. The smallest absolute Gasteiger partial charge is 0.349 e. The predicted molar refractivity (Wildman–Crippen MR) is 80.3 cm³/mol. The van der Waals surface area contributed by atoms with Gasteiger partial charge in [0.05, 0.1) is 11.5 Å². The molecule has 2 nitrogen and oxygen atoms in total. The highest BCUT2D eigenvalue weighted by Crippen LogP contribution is 2.39. The van der Waals surface area contributed by atoms with E-state index in [1.54, 1.807) is 0 Å². The molecule has 0 radical (unpaired) electrons. The summed E-state index contributed by atoms with van der Waals surface area (Å²) >= 11 is 6.78. The maximum absolute atomic E-state index is 12.6. The Morgan fingerprint density at radius 3 is 2.00 bits per heavy atom. The Hall–Kier alpha value is 0.220. The van der Waals surface area contributed by atoms with Crippen molar-refractivity contribution in [1.82, 2.24) is 5.32 Å². The van der Waals surface area contributed by atoms with Crippen LogP contribution in [0.5, 0.6) is 0 Å². The van der Waals surface area contributed by atoms with Gasteiger partial charge in [-0.1, -0.05) is 38.8 Å². The average Bonchev–Trinajstić information content (AvgIpc) is 2.44. The van der Waals surface area contributed by atoms with E-state index in [2.05, 4.69) is 37.2 Å². The zero-order chi connectivity index (χ0) is 15.4. The standard InChI is InChI=1S/C13H20Br2F3NO/c1-2-12(7-14,8-15)19-11(20)9-3-5-10(6-4-9)13(16,17)18/h9-10H,2-8H2,1H3,(H,19,20). The molecule has 1 N–H and O–H groups in total. The minimum Gasteiger partial charge on any atom is -0.349 e. The van der Waals surface area contributed by atoms with Gasteiger partial charge < -0.3 is 5.32 Å². The van der Waals surface area contributed by atoms with Crippen molar-refractivity contribution in [2.24, 2.45) is 11.8 Å². The van der Waals surface area contributed by atoms with Gasteiger partial charge in [-0.25, -0.2) is 0 Å². The Morgan fingerprint density at radius 2 is 1.65 bits per heavy atom. The lowest BCUT2D eigenvalue weighted by Crippen LogP contribution is -2.53. The van der Waals surface area contributed by atoms with Crippen molar-refractivity contribution in [3.63, 3.8) is 0 Å². The molecule has 0 saturated heterocycles. The highest BCUT2D eigenvalue weighted by molar-refractivity contribution is 9.09. The fourth-order valence-electron chi connectivity index (χ4n) is 2.43. The molecule has 118 valence electrons. The largest absolute Gasteiger partial charge is 0.391 e. The third-order valence-corrected chi connectivity index (χ3v) is 6.28. The first-order valence-corrected chi connectivity index (χ1v) is 9.03. The molecule has 0 aromatic carbocycles. The van der Waals surface area contributed by atoms with E-state index in [9.17, 15) is 18.0 Å². The van der Waals surface area contributed by atoms with E-state index in [1.807, 2.05) is 6.92 Å². The number of rotatable bonds is 5. The molecule has 1 aliphatic rings. The first-order chi connectivity index (χ1) is 9.28. The number of carbonyl (C=O) groups excluding carboxylic acids is 1. The normalized spacial score (nSPS) is 24.5. The number of carbonyl (C=O) groups is 1. The van der Waals surface area contributed by atoms with Gasteiger partial charge in [0.25, 0.3) is 0 Å². The lowest BCUT2D eigenvalue weighted by molar-refractivity contribution is -0.184. The summed E-state index contributed by atoms with van der Waals surface area (Å²) < 4.78 is 37.8. The molecule has 7 heteroatoms. The summed E-state index contributed by atoms with van der Waals surface area (Å²) in [6.45, 7) is 1.98. The van der Waals surface area contributed by atoms with Gasteiger partial charge in [0.15, 0.2) is 0 Å². The van der Waals surface area contributed by atoms with Crippen LogP contribution in [-0.4, -0.2) is 28.3 Å². The molecule has 0 atom stereocenters. The van der Waals surface area contributed by atoms with Crippen LogP contribution < -0.4 is 5.32 Å². The van der Waals surface area contributed by atoms with Crippen molar-refractivity contribution in [2.75, 3.05) is 10.7 Å². The van der Waals surface area contributed by atoms with Gasteiger partial charge >= 0.3 is 6.18 Å². The number of hydrogen-bond donors (Lipinski definition) is 1. The summed E-state index contributed by atoms with van der Waals surface area (Å²) in [6, 6.07) is 0. The molecular formula is C13H20Br2F3NO. The second-order valence-corrected chi connectivity index (χ2v) is 6.60. The van der Waals surface area contributed by atoms with Crippen molar-refractivity contribution < 1.29 is 18.0 Å². The third kappa shape index (κ3) is 4.61. The number of hydrogen-bond acceptors (Lipinski definition) is 1. The van der Waals surface area contributed by atoms with Gasteiger partial charge in [0.2, 0.25) is 5.91 Å². The molecule has 0 aromatic rings. The van der Waals surface area contributed by atoms with E-state index < -0.39 is 12.1 Å². The van der Waals surface area contributed by atoms with Crippen molar-refractivity contribution in [3.8, 4) is 0 Å². The number of halogens is 5. The van der Waals surface area contributed by atoms with Gasteiger partial charge in [-0.15, -0.1) is 0 Å². The topological polar surface area (TPSA) is 29.1 Å². The van der Waals surface area contributed by atoms with E-state index in [-0.39, 0.29) is 30.2 Å². The zero-order valence-electron chi connectivity index (χ0n) is 11.4. The first-order valence-electron chi connectivity index (χ1n) is 6.78. The van der Waals surface area contributed by atoms with E-state index >= 15 is 0 Å². The number of amides is 1. The minimum atomic E-state index is -4.12. The molecule has 20 heavy (non-hydrogen) atoms. The van der Waals surface area contributed by atoms with Crippen LogP contribution >= 0.6 is 31.9 Å². The highest BCUT2D eigenvalue weighted by Gasteiger charge is 2.43. The lowest BCUT2D eigenvalue weighted by Gasteiger charge is -2.34. The molecule has 1 amide bonds. The average molecular weight is 423 g/mol. The van der Waals surface area contributed by atoms with E-state index in [0.29, 0.717) is 23.5 Å². The Balaban J connectivity index is 2.55. The SMILES string of the molecule is CCC(CBr)(CBr)NC(=O)C1CCC(C(F)(F)F)CC1. The van der Waals surface area contributed by atoms with E-state index in [0.717, 1.165) is 6.42 Å². The molecule has 0 bridgehead atoms. The monoisotopic (exact) mass is 421 g/mol. The number of alkyl halides is 5. The predicted octanol–water partition coefficient (Wildman–Crippen LogP) is 4.41. The summed E-state index contributed by atoms with van der Waals surface area (Å²) in [7, 11) is 0. The van der Waals surface area contributed by atoms with E-state index in [4.69, 9.17) is 0 Å². The van der Waals surface area contributed by atoms with Crippen molar-refractivity contribution in [3.05, 3.63) is 0 Å². The molecule has 0 spiro atoms. The van der Waals surface area contributed by atoms with Gasteiger partial charge in [0, 0.05) is 16.6 Å². The Morgan fingerprint density at radius 1 is 1.15 bits per heavy atom. The second-order valence-electron chi connectivity index (χ2n) is 5.48. The van der Waals surface area contributed by atoms with Crippen molar-refractivity contribution >= 4 is 37.8 Å². The van der Waals surface area contributed by atoms with Crippen LogP contribution in [0.25, 0.3) is 0 Å². The molecular weight excluding hydrogens is 403 g/mol. The van der Waals surface area contributed by atoms with Crippen LogP contribution in [0.4, 0.5) is 13.2 Å². The molecule has 1 saturated carbocycles. The summed E-state index contributed by atoms with van der Waals surface area (Å²) in [4.78, 5) is 12.2. The molecule has 0 aromatic heterocycles. The van der Waals surface area contributed by atoms with Gasteiger partial charge in [-0.05, 0) is 32.1 Å². The summed E-state index contributed by atoms with van der Waals surface area (Å²) in [5.41, 5.74) is -0.363. The van der Waals surface area contributed by atoms with Crippen LogP contribution in [0, 0.1) is 11.8 Å². The van der Waals surface area contributed by atoms with Crippen LogP contribution in [0.3, 0.4) is 0 Å². The third-order valence-electron chi connectivity index (χ3n) is 4.14.